The molecule has 0 aliphatic rings. The molecule has 1 heterocycles. The Balaban J connectivity index is 1.75. The summed E-state index contributed by atoms with van der Waals surface area (Å²) >= 11 is 6.16. The number of aromatic amines is 1. The highest BCUT2D eigenvalue weighted by Crippen LogP contribution is 2.21. The molecular formula is C14H18ClN3. The van der Waals surface area contributed by atoms with Crippen LogP contribution < -0.4 is 5.32 Å². The molecule has 1 aromatic carbocycles. The highest BCUT2D eigenvalue weighted by atomic mass is 35.5. The van der Waals surface area contributed by atoms with Crippen LogP contribution in [0, 0.1) is 0 Å². The molecule has 0 fully saturated rings. The minimum atomic E-state index is 0.273. The van der Waals surface area contributed by atoms with Crippen molar-refractivity contribution in [3.8, 4) is 0 Å². The van der Waals surface area contributed by atoms with Gasteiger partial charge in [-0.25, -0.2) is 4.98 Å². The van der Waals surface area contributed by atoms with E-state index in [1.165, 1.54) is 0 Å². The largest absolute Gasteiger partial charge is 0.349 e. The summed E-state index contributed by atoms with van der Waals surface area (Å²) in [6.07, 6.45) is 5.67. The minimum absolute atomic E-state index is 0.273. The van der Waals surface area contributed by atoms with Crippen LogP contribution in [0.5, 0.6) is 0 Å². The van der Waals surface area contributed by atoms with Gasteiger partial charge in [-0.2, -0.15) is 0 Å². The van der Waals surface area contributed by atoms with Gasteiger partial charge in [0.1, 0.15) is 5.82 Å². The van der Waals surface area contributed by atoms with Crippen LogP contribution in [0.4, 0.5) is 0 Å². The molecule has 4 heteroatoms. The first-order valence-electron chi connectivity index (χ1n) is 6.23. The molecule has 0 bridgehead atoms. The van der Waals surface area contributed by atoms with Gasteiger partial charge in [-0.1, -0.05) is 29.8 Å². The number of nitrogens with zero attached hydrogens (tertiary/aromatic N) is 1. The van der Waals surface area contributed by atoms with Crippen molar-refractivity contribution in [2.45, 2.75) is 25.8 Å². The first-order chi connectivity index (χ1) is 8.77. The molecule has 0 saturated carbocycles. The fourth-order valence-electron chi connectivity index (χ4n) is 1.95. The molecule has 0 saturated heterocycles. The molecule has 2 N–H and O–H groups in total. The summed E-state index contributed by atoms with van der Waals surface area (Å²) in [6.45, 7) is 3.08. The summed E-state index contributed by atoms with van der Waals surface area (Å²) in [5, 5.41) is 4.30. The summed E-state index contributed by atoms with van der Waals surface area (Å²) in [6, 6.07) is 8.23. The van der Waals surface area contributed by atoms with Gasteiger partial charge in [0.25, 0.3) is 0 Å². The van der Waals surface area contributed by atoms with Crippen molar-refractivity contribution in [3.05, 3.63) is 53.1 Å². The average molecular weight is 264 g/mol. The molecule has 0 spiro atoms. The third-order valence-corrected chi connectivity index (χ3v) is 3.31. The monoisotopic (exact) mass is 263 g/mol. The van der Waals surface area contributed by atoms with Gasteiger partial charge in [-0.3, -0.25) is 0 Å². The van der Waals surface area contributed by atoms with Gasteiger partial charge < -0.3 is 10.3 Å². The maximum absolute atomic E-state index is 6.16. The summed E-state index contributed by atoms with van der Waals surface area (Å²) in [5.41, 5.74) is 1.15. The van der Waals surface area contributed by atoms with Gasteiger partial charge in [0.2, 0.25) is 0 Å². The first kappa shape index (κ1) is 13.1. The van der Waals surface area contributed by atoms with Gasteiger partial charge in [0.15, 0.2) is 0 Å². The highest BCUT2D eigenvalue weighted by molar-refractivity contribution is 6.31. The number of halogens is 1. The van der Waals surface area contributed by atoms with Crippen molar-refractivity contribution in [1.29, 1.82) is 0 Å². The van der Waals surface area contributed by atoms with Crippen LogP contribution in [0.3, 0.4) is 0 Å². The molecule has 0 aliphatic carbocycles. The summed E-state index contributed by atoms with van der Waals surface area (Å²) in [7, 11) is 0. The standard InChI is InChI=1S/C14H18ClN3/c1-11(12-5-2-3-6-13(12)15)16-8-4-7-14-17-9-10-18-14/h2-3,5-6,9-11,16H,4,7-8H2,1H3,(H,17,18). The number of hydrogen-bond donors (Lipinski definition) is 2. The van der Waals surface area contributed by atoms with Gasteiger partial charge in [0.05, 0.1) is 0 Å². The van der Waals surface area contributed by atoms with Crippen molar-refractivity contribution in [2.75, 3.05) is 6.54 Å². The fraction of sp³-hybridized carbons (Fsp3) is 0.357. The number of H-pyrrole nitrogens is 1. The number of aryl methyl sites for hydroxylation is 1. The van der Waals surface area contributed by atoms with Crippen molar-refractivity contribution >= 4 is 11.6 Å². The maximum atomic E-state index is 6.16. The van der Waals surface area contributed by atoms with E-state index < -0.39 is 0 Å². The number of rotatable bonds is 6. The normalized spacial score (nSPS) is 12.6. The molecule has 0 radical (unpaired) electrons. The topological polar surface area (TPSA) is 40.7 Å². The summed E-state index contributed by atoms with van der Waals surface area (Å²) in [5.74, 6) is 1.04. The van der Waals surface area contributed by atoms with Crippen LogP contribution in [0.25, 0.3) is 0 Å². The molecule has 1 unspecified atom stereocenters. The Morgan fingerprint density at radius 3 is 2.94 bits per heavy atom. The van der Waals surface area contributed by atoms with E-state index in [4.69, 9.17) is 11.6 Å². The Morgan fingerprint density at radius 1 is 1.39 bits per heavy atom. The molecule has 1 atom stereocenters. The molecule has 0 amide bonds. The molecule has 1 aromatic heterocycles. The van der Waals surface area contributed by atoms with E-state index in [0.29, 0.717) is 0 Å². The Bertz CT molecular complexity index is 468. The predicted octanol–water partition coefficient (Wildman–Crippen LogP) is 3.35. The van der Waals surface area contributed by atoms with E-state index in [1.807, 2.05) is 24.4 Å². The Labute approximate surface area is 113 Å². The van der Waals surface area contributed by atoms with Crippen LogP contribution in [-0.4, -0.2) is 16.5 Å². The lowest BCUT2D eigenvalue weighted by atomic mass is 10.1. The quantitative estimate of drug-likeness (QED) is 0.785. The lowest BCUT2D eigenvalue weighted by Gasteiger charge is -2.15. The molecule has 0 aliphatic heterocycles. The molecule has 2 aromatic rings. The van der Waals surface area contributed by atoms with Crippen molar-refractivity contribution in [2.24, 2.45) is 0 Å². The molecular weight excluding hydrogens is 246 g/mol. The zero-order valence-electron chi connectivity index (χ0n) is 10.5. The van der Waals surface area contributed by atoms with Crippen molar-refractivity contribution in [1.82, 2.24) is 15.3 Å². The molecule has 2 rings (SSSR count). The summed E-state index contributed by atoms with van der Waals surface area (Å²) < 4.78 is 0. The van der Waals surface area contributed by atoms with E-state index in [1.54, 1.807) is 6.20 Å². The maximum Gasteiger partial charge on any atom is 0.106 e. The van der Waals surface area contributed by atoms with E-state index in [0.717, 1.165) is 35.8 Å². The average Bonchev–Trinajstić information content (AvgIpc) is 2.88. The minimum Gasteiger partial charge on any atom is -0.349 e. The lowest BCUT2D eigenvalue weighted by molar-refractivity contribution is 0.555. The predicted molar refractivity (Wildman–Crippen MR) is 74.8 cm³/mol. The van der Waals surface area contributed by atoms with E-state index >= 15 is 0 Å². The lowest BCUT2D eigenvalue weighted by Crippen LogP contribution is -2.20. The third-order valence-electron chi connectivity index (χ3n) is 2.97. The smallest absolute Gasteiger partial charge is 0.106 e. The van der Waals surface area contributed by atoms with Crippen molar-refractivity contribution in [3.63, 3.8) is 0 Å². The fourth-order valence-corrected chi connectivity index (χ4v) is 2.24. The second kappa shape index (κ2) is 6.57. The number of aromatic nitrogens is 2. The number of hydrogen-bond acceptors (Lipinski definition) is 2. The SMILES string of the molecule is CC(NCCCc1ncc[nH]1)c1ccccc1Cl. The zero-order chi connectivity index (χ0) is 12.8. The van der Waals surface area contributed by atoms with Crippen molar-refractivity contribution < 1.29 is 0 Å². The Hall–Kier alpha value is -1.32. The van der Waals surface area contributed by atoms with Gasteiger partial charge in [-0.05, 0) is 31.5 Å². The van der Waals surface area contributed by atoms with Crippen LogP contribution in [0.15, 0.2) is 36.7 Å². The Kier molecular flexibility index (Phi) is 4.79. The number of imidazole rings is 1. The molecule has 96 valence electrons. The zero-order valence-corrected chi connectivity index (χ0v) is 11.2. The first-order valence-corrected chi connectivity index (χ1v) is 6.61. The third kappa shape index (κ3) is 3.59. The van der Waals surface area contributed by atoms with E-state index in [-0.39, 0.29) is 6.04 Å². The number of nitrogens with one attached hydrogen (secondary N) is 2. The van der Waals surface area contributed by atoms with Gasteiger partial charge >= 0.3 is 0 Å². The Morgan fingerprint density at radius 2 is 2.22 bits per heavy atom. The van der Waals surface area contributed by atoms with Gasteiger partial charge in [0, 0.05) is 29.9 Å². The molecule has 18 heavy (non-hydrogen) atoms. The number of benzene rings is 1. The van der Waals surface area contributed by atoms with Gasteiger partial charge in [-0.15, -0.1) is 0 Å². The van der Waals surface area contributed by atoms with Crippen LogP contribution in [-0.2, 0) is 6.42 Å². The summed E-state index contributed by atoms with van der Waals surface area (Å²) in [4.78, 5) is 7.31. The second-order valence-electron chi connectivity index (χ2n) is 4.34. The highest BCUT2D eigenvalue weighted by Gasteiger charge is 2.07. The van der Waals surface area contributed by atoms with E-state index in [9.17, 15) is 0 Å². The molecule has 3 nitrogen and oxygen atoms in total. The van der Waals surface area contributed by atoms with Crippen LogP contribution >= 0.6 is 11.6 Å². The second-order valence-corrected chi connectivity index (χ2v) is 4.74. The van der Waals surface area contributed by atoms with E-state index in [2.05, 4.69) is 28.3 Å². The van der Waals surface area contributed by atoms with Crippen LogP contribution in [0.2, 0.25) is 5.02 Å². The van der Waals surface area contributed by atoms with Crippen LogP contribution in [0.1, 0.15) is 30.8 Å².